The Morgan fingerprint density at radius 3 is 2.00 bits per heavy atom. The van der Waals surface area contributed by atoms with Gasteiger partial charge in [-0.3, -0.25) is 4.90 Å². The van der Waals surface area contributed by atoms with Crippen LogP contribution in [0, 0.1) is 5.41 Å². The molecule has 3 aliphatic rings. The predicted octanol–water partition coefficient (Wildman–Crippen LogP) is 2.85. The minimum absolute atomic E-state index is 0.339. The maximum atomic E-state index is 6.29. The van der Waals surface area contributed by atoms with Crippen LogP contribution < -0.4 is 5.73 Å². The van der Waals surface area contributed by atoms with E-state index in [2.05, 4.69) is 16.7 Å². The summed E-state index contributed by atoms with van der Waals surface area (Å²) in [6, 6.07) is 0. The molecule has 0 amide bonds. The van der Waals surface area contributed by atoms with Gasteiger partial charge in [-0.15, -0.1) is 0 Å². The topological polar surface area (TPSA) is 32.5 Å². The summed E-state index contributed by atoms with van der Waals surface area (Å²) in [5.74, 6) is 0. The van der Waals surface area contributed by atoms with Crippen LogP contribution in [-0.2, 0) is 0 Å². The molecule has 1 aliphatic heterocycles. The Hall–Kier alpha value is -0.120. The Balaban J connectivity index is 1.58. The maximum absolute atomic E-state index is 6.29. The van der Waals surface area contributed by atoms with Gasteiger partial charge in [-0.05, 0) is 56.9 Å². The van der Waals surface area contributed by atoms with Gasteiger partial charge in [0, 0.05) is 38.3 Å². The standard InChI is InChI=1S/C18H35N3/c1-2-11-20-12-14-21(15-13-20)18(16-19)9-7-17(8-10-18)5-3-4-6-17/h2-16,19H2,1H3. The van der Waals surface area contributed by atoms with Crippen molar-refractivity contribution >= 4 is 0 Å². The summed E-state index contributed by atoms with van der Waals surface area (Å²) in [5, 5.41) is 0. The lowest BCUT2D eigenvalue weighted by Crippen LogP contribution is -2.62. The smallest absolute Gasteiger partial charge is 0.0333 e. The number of nitrogens with zero attached hydrogens (tertiary/aromatic N) is 2. The molecule has 0 unspecified atom stereocenters. The van der Waals surface area contributed by atoms with Gasteiger partial charge in [0.2, 0.25) is 0 Å². The van der Waals surface area contributed by atoms with E-state index in [0.29, 0.717) is 5.54 Å². The van der Waals surface area contributed by atoms with Crippen molar-refractivity contribution in [3.05, 3.63) is 0 Å². The normalized spacial score (nSPS) is 30.0. The van der Waals surface area contributed by atoms with Gasteiger partial charge in [-0.25, -0.2) is 0 Å². The van der Waals surface area contributed by atoms with E-state index in [9.17, 15) is 0 Å². The van der Waals surface area contributed by atoms with E-state index in [1.54, 1.807) is 0 Å². The summed E-state index contributed by atoms with van der Waals surface area (Å²) >= 11 is 0. The molecule has 1 saturated heterocycles. The SMILES string of the molecule is CCCN1CCN(C2(CN)CCC3(CCCC3)CC2)CC1. The van der Waals surface area contributed by atoms with Crippen LogP contribution >= 0.6 is 0 Å². The molecule has 21 heavy (non-hydrogen) atoms. The fraction of sp³-hybridized carbons (Fsp3) is 1.00. The predicted molar refractivity (Wildman–Crippen MR) is 89.5 cm³/mol. The number of nitrogens with two attached hydrogens (primary N) is 1. The fourth-order valence-electron chi connectivity index (χ4n) is 5.28. The van der Waals surface area contributed by atoms with Crippen molar-refractivity contribution in [2.45, 2.75) is 70.3 Å². The molecular formula is C18H35N3. The lowest BCUT2D eigenvalue weighted by molar-refractivity contribution is -0.0147. The minimum Gasteiger partial charge on any atom is -0.329 e. The van der Waals surface area contributed by atoms with Crippen LogP contribution in [0.3, 0.4) is 0 Å². The first-order chi connectivity index (χ1) is 10.2. The van der Waals surface area contributed by atoms with Gasteiger partial charge >= 0.3 is 0 Å². The van der Waals surface area contributed by atoms with Crippen LogP contribution in [0.15, 0.2) is 0 Å². The molecule has 0 atom stereocenters. The van der Waals surface area contributed by atoms with Crippen LogP contribution in [0.2, 0.25) is 0 Å². The maximum Gasteiger partial charge on any atom is 0.0333 e. The summed E-state index contributed by atoms with van der Waals surface area (Å²) < 4.78 is 0. The minimum atomic E-state index is 0.339. The van der Waals surface area contributed by atoms with Crippen molar-refractivity contribution < 1.29 is 0 Å². The zero-order valence-electron chi connectivity index (χ0n) is 14.1. The highest BCUT2D eigenvalue weighted by Gasteiger charge is 2.46. The summed E-state index contributed by atoms with van der Waals surface area (Å²) in [5.41, 5.74) is 7.36. The van der Waals surface area contributed by atoms with Crippen molar-refractivity contribution in [3.63, 3.8) is 0 Å². The highest BCUT2D eigenvalue weighted by Crippen LogP contribution is 2.52. The van der Waals surface area contributed by atoms with Crippen LogP contribution in [0.25, 0.3) is 0 Å². The second-order valence-corrected chi connectivity index (χ2v) is 7.96. The molecule has 0 bridgehead atoms. The molecule has 2 saturated carbocycles. The van der Waals surface area contributed by atoms with Crippen LogP contribution in [0.1, 0.15) is 64.7 Å². The first-order valence-corrected chi connectivity index (χ1v) is 9.39. The molecule has 1 heterocycles. The third-order valence-electron chi connectivity index (χ3n) is 6.87. The zero-order chi connectivity index (χ0) is 14.8. The highest BCUT2D eigenvalue weighted by atomic mass is 15.3. The molecule has 0 aromatic carbocycles. The molecule has 3 rings (SSSR count). The van der Waals surface area contributed by atoms with E-state index in [1.807, 2.05) is 0 Å². The van der Waals surface area contributed by atoms with E-state index in [4.69, 9.17) is 5.73 Å². The monoisotopic (exact) mass is 293 g/mol. The van der Waals surface area contributed by atoms with Gasteiger partial charge in [0.1, 0.15) is 0 Å². The highest BCUT2D eigenvalue weighted by molar-refractivity contribution is 5.02. The lowest BCUT2D eigenvalue weighted by Gasteiger charge is -2.53. The van der Waals surface area contributed by atoms with Crippen molar-refractivity contribution in [2.75, 3.05) is 39.3 Å². The molecule has 1 spiro atoms. The molecule has 0 aromatic heterocycles. The van der Waals surface area contributed by atoms with E-state index >= 15 is 0 Å². The summed E-state index contributed by atoms with van der Waals surface area (Å²) in [7, 11) is 0. The van der Waals surface area contributed by atoms with Crippen molar-refractivity contribution in [2.24, 2.45) is 11.1 Å². The van der Waals surface area contributed by atoms with Gasteiger partial charge in [-0.2, -0.15) is 0 Å². The van der Waals surface area contributed by atoms with Crippen molar-refractivity contribution in [1.29, 1.82) is 0 Å². The van der Waals surface area contributed by atoms with Gasteiger partial charge < -0.3 is 10.6 Å². The quantitative estimate of drug-likeness (QED) is 0.865. The molecular weight excluding hydrogens is 258 g/mol. The Kier molecular flexibility index (Phi) is 4.92. The van der Waals surface area contributed by atoms with E-state index < -0.39 is 0 Å². The summed E-state index contributed by atoms with van der Waals surface area (Å²) in [6.07, 6.45) is 12.8. The molecule has 3 heteroatoms. The average Bonchev–Trinajstić information content (AvgIpc) is 2.98. The summed E-state index contributed by atoms with van der Waals surface area (Å²) in [6.45, 7) is 9.41. The van der Waals surface area contributed by atoms with Crippen LogP contribution in [0.5, 0.6) is 0 Å². The Bertz CT molecular complexity index is 317. The Labute approximate surface area is 131 Å². The first-order valence-electron chi connectivity index (χ1n) is 9.39. The van der Waals surface area contributed by atoms with E-state index in [-0.39, 0.29) is 0 Å². The molecule has 2 N–H and O–H groups in total. The first kappa shape index (κ1) is 15.8. The van der Waals surface area contributed by atoms with Crippen molar-refractivity contribution in [3.8, 4) is 0 Å². The second-order valence-electron chi connectivity index (χ2n) is 7.96. The van der Waals surface area contributed by atoms with Crippen LogP contribution in [-0.4, -0.2) is 54.6 Å². The molecule has 3 nitrogen and oxygen atoms in total. The number of hydrogen-bond acceptors (Lipinski definition) is 3. The second kappa shape index (κ2) is 6.55. The fourth-order valence-corrected chi connectivity index (χ4v) is 5.28. The molecule has 3 fully saturated rings. The van der Waals surface area contributed by atoms with Gasteiger partial charge in [0.15, 0.2) is 0 Å². The van der Waals surface area contributed by atoms with Gasteiger partial charge in [-0.1, -0.05) is 19.8 Å². The van der Waals surface area contributed by atoms with Crippen molar-refractivity contribution in [1.82, 2.24) is 9.80 Å². The van der Waals surface area contributed by atoms with E-state index in [0.717, 1.165) is 12.0 Å². The third-order valence-corrected chi connectivity index (χ3v) is 6.87. The van der Waals surface area contributed by atoms with Gasteiger partial charge in [0.25, 0.3) is 0 Å². The van der Waals surface area contributed by atoms with Gasteiger partial charge in [0.05, 0.1) is 0 Å². The molecule has 0 aromatic rings. The van der Waals surface area contributed by atoms with Crippen LogP contribution in [0.4, 0.5) is 0 Å². The Morgan fingerprint density at radius 2 is 1.48 bits per heavy atom. The average molecular weight is 293 g/mol. The number of rotatable bonds is 4. The summed E-state index contributed by atoms with van der Waals surface area (Å²) in [4.78, 5) is 5.39. The lowest BCUT2D eigenvalue weighted by atomic mass is 9.65. The third kappa shape index (κ3) is 3.16. The molecule has 0 radical (unpaired) electrons. The largest absolute Gasteiger partial charge is 0.329 e. The molecule has 2 aliphatic carbocycles. The Morgan fingerprint density at radius 1 is 0.857 bits per heavy atom. The zero-order valence-corrected chi connectivity index (χ0v) is 14.1. The van der Waals surface area contributed by atoms with E-state index in [1.165, 1.54) is 90.5 Å². The number of hydrogen-bond donors (Lipinski definition) is 1. The molecule has 122 valence electrons. The number of piperazine rings is 1.